The van der Waals surface area contributed by atoms with Crippen molar-refractivity contribution in [1.29, 1.82) is 0 Å². The van der Waals surface area contributed by atoms with Crippen molar-refractivity contribution in [2.75, 3.05) is 38.7 Å². The van der Waals surface area contributed by atoms with Crippen LogP contribution in [-0.2, 0) is 19.3 Å². The van der Waals surface area contributed by atoms with Gasteiger partial charge < -0.3 is 14.8 Å². The normalized spacial score (nSPS) is 22.6. The van der Waals surface area contributed by atoms with E-state index in [-0.39, 0.29) is 18.5 Å². The van der Waals surface area contributed by atoms with Gasteiger partial charge in [0, 0.05) is 13.1 Å². The van der Waals surface area contributed by atoms with E-state index in [9.17, 15) is 8.42 Å². The molecule has 0 bridgehead atoms. The maximum Gasteiger partial charge on any atom is 0.157 e. The van der Waals surface area contributed by atoms with Gasteiger partial charge in [-0.15, -0.1) is 0 Å². The lowest BCUT2D eigenvalue weighted by molar-refractivity contribution is -0.0283. The highest BCUT2D eigenvalue weighted by atomic mass is 32.2. The maximum atomic E-state index is 11.8. The second-order valence-corrected chi connectivity index (χ2v) is 8.07. The quantitative estimate of drug-likeness (QED) is 0.720. The zero-order valence-corrected chi connectivity index (χ0v) is 11.7. The van der Waals surface area contributed by atoms with E-state index < -0.39 is 14.6 Å². The molecular weight excluding hydrogens is 242 g/mol. The Morgan fingerprint density at radius 3 is 2.65 bits per heavy atom. The highest BCUT2D eigenvalue weighted by molar-refractivity contribution is 7.92. The van der Waals surface area contributed by atoms with Crippen LogP contribution in [0.2, 0.25) is 0 Å². The molecule has 1 aliphatic rings. The number of rotatable bonds is 5. The number of sulfone groups is 1. The highest BCUT2D eigenvalue weighted by Crippen LogP contribution is 2.15. The molecule has 102 valence electrons. The molecule has 1 fully saturated rings. The van der Waals surface area contributed by atoms with Crippen LogP contribution in [0.15, 0.2) is 0 Å². The van der Waals surface area contributed by atoms with Gasteiger partial charge in [-0.3, -0.25) is 0 Å². The van der Waals surface area contributed by atoms with Crippen molar-refractivity contribution in [2.24, 2.45) is 0 Å². The molecule has 0 aromatic rings. The predicted molar refractivity (Wildman–Crippen MR) is 67.0 cm³/mol. The monoisotopic (exact) mass is 265 g/mol. The van der Waals surface area contributed by atoms with Crippen LogP contribution in [-0.4, -0.2) is 57.9 Å². The standard InChI is InChI=1S/C11H23NO4S/c1-11(2,3)17(13,14)7-6-15-9-10-8-12-4-5-16-10/h10,12H,4-9H2,1-3H3. The minimum atomic E-state index is -3.08. The summed E-state index contributed by atoms with van der Waals surface area (Å²) in [5, 5.41) is 3.19. The van der Waals surface area contributed by atoms with Gasteiger partial charge in [0.05, 0.1) is 36.4 Å². The molecule has 6 heteroatoms. The van der Waals surface area contributed by atoms with E-state index in [2.05, 4.69) is 5.32 Å². The van der Waals surface area contributed by atoms with E-state index in [1.54, 1.807) is 20.8 Å². The van der Waals surface area contributed by atoms with Crippen LogP contribution in [0.25, 0.3) is 0 Å². The number of ether oxygens (including phenoxy) is 2. The predicted octanol–water partition coefficient (Wildman–Crippen LogP) is 0.205. The molecule has 1 N–H and O–H groups in total. The first-order chi connectivity index (χ1) is 7.83. The Balaban J connectivity index is 2.19. The van der Waals surface area contributed by atoms with Crippen molar-refractivity contribution < 1.29 is 17.9 Å². The Morgan fingerprint density at radius 2 is 2.12 bits per heavy atom. The molecule has 1 atom stereocenters. The minimum absolute atomic E-state index is 0.0427. The second-order valence-electron chi connectivity index (χ2n) is 5.20. The van der Waals surface area contributed by atoms with E-state index in [0.29, 0.717) is 13.2 Å². The Labute approximate surface area is 104 Å². The molecule has 0 aromatic carbocycles. The molecule has 1 unspecified atom stereocenters. The Kier molecular flexibility index (Phi) is 5.37. The summed E-state index contributed by atoms with van der Waals surface area (Å²) >= 11 is 0. The van der Waals surface area contributed by atoms with Crippen LogP contribution in [0.1, 0.15) is 20.8 Å². The third-order valence-corrected chi connectivity index (χ3v) is 5.31. The average molecular weight is 265 g/mol. The fourth-order valence-corrected chi connectivity index (χ4v) is 2.37. The molecule has 1 rings (SSSR count). The number of hydrogen-bond donors (Lipinski definition) is 1. The van der Waals surface area contributed by atoms with Crippen LogP contribution in [0.4, 0.5) is 0 Å². The summed E-state index contributed by atoms with van der Waals surface area (Å²) in [4.78, 5) is 0. The van der Waals surface area contributed by atoms with Gasteiger partial charge in [-0.25, -0.2) is 8.42 Å². The first-order valence-electron chi connectivity index (χ1n) is 5.95. The molecular formula is C11H23NO4S. The summed E-state index contributed by atoms with van der Waals surface area (Å²) in [5.41, 5.74) is 0. The topological polar surface area (TPSA) is 64.6 Å². The molecule has 0 spiro atoms. The average Bonchev–Trinajstić information content (AvgIpc) is 2.24. The zero-order chi connectivity index (χ0) is 12.9. The van der Waals surface area contributed by atoms with Crippen molar-refractivity contribution in [3.63, 3.8) is 0 Å². The van der Waals surface area contributed by atoms with E-state index >= 15 is 0 Å². The molecule has 1 saturated heterocycles. The molecule has 0 saturated carbocycles. The lowest BCUT2D eigenvalue weighted by atomic mass is 10.3. The third-order valence-electron chi connectivity index (χ3n) is 2.74. The summed E-state index contributed by atoms with van der Waals surface area (Å²) in [7, 11) is -3.08. The van der Waals surface area contributed by atoms with Crippen molar-refractivity contribution in [1.82, 2.24) is 5.32 Å². The number of nitrogens with one attached hydrogen (secondary N) is 1. The van der Waals surface area contributed by atoms with Gasteiger partial charge in [0.2, 0.25) is 0 Å². The number of hydrogen-bond acceptors (Lipinski definition) is 5. The highest BCUT2D eigenvalue weighted by Gasteiger charge is 2.28. The zero-order valence-electron chi connectivity index (χ0n) is 10.9. The maximum absolute atomic E-state index is 11.8. The van der Waals surface area contributed by atoms with Gasteiger partial charge in [-0.2, -0.15) is 0 Å². The molecule has 0 aliphatic carbocycles. The third kappa shape index (κ3) is 4.91. The first-order valence-corrected chi connectivity index (χ1v) is 7.60. The smallest absolute Gasteiger partial charge is 0.157 e. The largest absolute Gasteiger partial charge is 0.378 e. The van der Waals surface area contributed by atoms with Gasteiger partial charge >= 0.3 is 0 Å². The van der Waals surface area contributed by atoms with Crippen molar-refractivity contribution in [2.45, 2.75) is 31.6 Å². The summed E-state index contributed by atoms with van der Waals surface area (Å²) in [6, 6.07) is 0. The van der Waals surface area contributed by atoms with Crippen molar-refractivity contribution in [3.05, 3.63) is 0 Å². The van der Waals surface area contributed by atoms with Gasteiger partial charge in [0.15, 0.2) is 9.84 Å². The molecule has 1 aliphatic heterocycles. The van der Waals surface area contributed by atoms with Crippen LogP contribution in [0, 0.1) is 0 Å². The van der Waals surface area contributed by atoms with E-state index in [4.69, 9.17) is 9.47 Å². The fourth-order valence-electron chi connectivity index (χ4n) is 1.42. The number of morpholine rings is 1. The molecule has 5 nitrogen and oxygen atoms in total. The van der Waals surface area contributed by atoms with Crippen LogP contribution in [0.5, 0.6) is 0 Å². The second kappa shape index (κ2) is 6.13. The minimum Gasteiger partial charge on any atom is -0.378 e. The van der Waals surface area contributed by atoms with E-state index in [1.807, 2.05) is 0 Å². The first kappa shape index (κ1) is 14.9. The molecule has 0 radical (unpaired) electrons. The van der Waals surface area contributed by atoms with Crippen molar-refractivity contribution in [3.8, 4) is 0 Å². The van der Waals surface area contributed by atoms with Crippen LogP contribution in [0.3, 0.4) is 0 Å². The summed E-state index contributed by atoms with van der Waals surface area (Å²) in [5.74, 6) is 0.0661. The van der Waals surface area contributed by atoms with E-state index in [0.717, 1.165) is 13.1 Å². The Morgan fingerprint density at radius 1 is 1.41 bits per heavy atom. The molecule has 1 heterocycles. The Hall–Kier alpha value is -0.170. The summed E-state index contributed by atoms with van der Waals surface area (Å²) < 4.78 is 33.7. The fraction of sp³-hybridized carbons (Fsp3) is 1.00. The van der Waals surface area contributed by atoms with Gasteiger partial charge in [-0.1, -0.05) is 0 Å². The lowest BCUT2D eigenvalue weighted by Crippen LogP contribution is -2.41. The lowest BCUT2D eigenvalue weighted by Gasteiger charge is -2.24. The van der Waals surface area contributed by atoms with Crippen molar-refractivity contribution >= 4 is 9.84 Å². The van der Waals surface area contributed by atoms with E-state index in [1.165, 1.54) is 0 Å². The van der Waals surface area contributed by atoms with Gasteiger partial charge in [-0.05, 0) is 20.8 Å². The molecule has 0 amide bonds. The summed E-state index contributed by atoms with van der Waals surface area (Å²) in [6.07, 6.45) is 0.0427. The Bertz CT molecular complexity index is 315. The SMILES string of the molecule is CC(C)(C)S(=O)(=O)CCOCC1CNCCO1. The van der Waals surface area contributed by atoms with Crippen LogP contribution < -0.4 is 5.32 Å². The van der Waals surface area contributed by atoms with Gasteiger partial charge in [0.25, 0.3) is 0 Å². The summed E-state index contributed by atoms with van der Waals surface area (Å²) in [6.45, 7) is 8.13. The van der Waals surface area contributed by atoms with Gasteiger partial charge in [0.1, 0.15) is 0 Å². The molecule has 17 heavy (non-hydrogen) atoms. The van der Waals surface area contributed by atoms with Crippen LogP contribution >= 0.6 is 0 Å². The molecule has 0 aromatic heterocycles.